The molecular formula is C19H18F2N4. The normalized spacial score (nSPS) is 10.6. The van der Waals surface area contributed by atoms with Gasteiger partial charge in [-0.15, -0.1) is 0 Å². The molecule has 4 nitrogen and oxygen atoms in total. The van der Waals surface area contributed by atoms with Crippen LogP contribution in [0.15, 0.2) is 54.6 Å². The summed E-state index contributed by atoms with van der Waals surface area (Å²) in [5.41, 5.74) is 2.17. The molecule has 0 aliphatic carbocycles. The van der Waals surface area contributed by atoms with Gasteiger partial charge in [0.2, 0.25) is 5.95 Å². The number of hydrogen-bond donors (Lipinski definition) is 1. The van der Waals surface area contributed by atoms with E-state index in [0.29, 0.717) is 11.6 Å². The Balaban J connectivity index is 1.93. The van der Waals surface area contributed by atoms with E-state index >= 15 is 0 Å². The Kier molecular flexibility index (Phi) is 4.88. The molecule has 0 aliphatic rings. The first-order valence-corrected chi connectivity index (χ1v) is 7.97. The molecule has 0 atom stereocenters. The van der Waals surface area contributed by atoms with Crippen molar-refractivity contribution < 1.29 is 8.78 Å². The van der Waals surface area contributed by atoms with Crippen molar-refractivity contribution in [3.63, 3.8) is 0 Å². The average molecular weight is 340 g/mol. The number of aryl methyl sites for hydroxylation is 1. The molecule has 6 heteroatoms. The number of rotatable bonds is 5. The number of benzene rings is 2. The fraction of sp³-hybridized carbons (Fsp3) is 0.158. The molecule has 1 heterocycles. The summed E-state index contributed by atoms with van der Waals surface area (Å²) in [7, 11) is 0. The van der Waals surface area contributed by atoms with E-state index in [4.69, 9.17) is 0 Å². The largest absolute Gasteiger partial charge is 0.326 e. The number of halogens is 2. The first kappa shape index (κ1) is 16.8. The lowest BCUT2D eigenvalue weighted by Gasteiger charge is -2.23. The van der Waals surface area contributed by atoms with Crippen molar-refractivity contribution >= 4 is 23.1 Å². The Morgan fingerprint density at radius 1 is 0.960 bits per heavy atom. The van der Waals surface area contributed by atoms with Crippen LogP contribution in [-0.2, 0) is 0 Å². The van der Waals surface area contributed by atoms with Gasteiger partial charge in [0.05, 0.1) is 0 Å². The van der Waals surface area contributed by atoms with Crippen LogP contribution >= 0.6 is 0 Å². The number of nitrogens with zero attached hydrogens (tertiary/aromatic N) is 3. The highest BCUT2D eigenvalue weighted by Crippen LogP contribution is 2.25. The van der Waals surface area contributed by atoms with Gasteiger partial charge in [0, 0.05) is 35.7 Å². The Hall–Kier alpha value is -3.02. The predicted molar refractivity (Wildman–Crippen MR) is 95.5 cm³/mol. The minimum Gasteiger partial charge on any atom is -0.326 e. The van der Waals surface area contributed by atoms with Crippen LogP contribution in [0.25, 0.3) is 0 Å². The quantitative estimate of drug-likeness (QED) is 0.712. The fourth-order valence-corrected chi connectivity index (χ4v) is 2.53. The van der Waals surface area contributed by atoms with Crippen LogP contribution in [0.5, 0.6) is 0 Å². The number of hydrogen-bond acceptors (Lipinski definition) is 4. The highest BCUT2D eigenvalue weighted by molar-refractivity contribution is 5.62. The second-order valence-electron chi connectivity index (χ2n) is 5.52. The van der Waals surface area contributed by atoms with Crippen molar-refractivity contribution in [1.82, 2.24) is 9.97 Å². The molecule has 2 aromatic carbocycles. The summed E-state index contributed by atoms with van der Waals surface area (Å²) >= 11 is 0. The zero-order valence-corrected chi connectivity index (χ0v) is 14.0. The Bertz CT molecular complexity index is 869. The molecule has 128 valence electrons. The van der Waals surface area contributed by atoms with Crippen molar-refractivity contribution in [2.45, 2.75) is 13.8 Å². The maximum absolute atomic E-state index is 13.4. The Morgan fingerprint density at radius 3 is 2.40 bits per heavy atom. The van der Waals surface area contributed by atoms with Gasteiger partial charge in [-0.05, 0) is 38.1 Å². The van der Waals surface area contributed by atoms with E-state index in [0.717, 1.165) is 35.9 Å². The highest BCUT2D eigenvalue weighted by Gasteiger charge is 2.12. The van der Waals surface area contributed by atoms with Crippen molar-refractivity contribution in [1.29, 1.82) is 0 Å². The number of aromatic nitrogens is 2. The third-order valence-corrected chi connectivity index (χ3v) is 3.68. The average Bonchev–Trinajstić information content (AvgIpc) is 2.59. The van der Waals surface area contributed by atoms with Crippen LogP contribution in [0.2, 0.25) is 0 Å². The first-order chi connectivity index (χ1) is 12.1. The molecule has 25 heavy (non-hydrogen) atoms. The van der Waals surface area contributed by atoms with Gasteiger partial charge in [-0.1, -0.05) is 18.2 Å². The molecular weight excluding hydrogens is 322 g/mol. The van der Waals surface area contributed by atoms with Crippen LogP contribution in [-0.4, -0.2) is 16.5 Å². The molecule has 0 saturated carbocycles. The van der Waals surface area contributed by atoms with Gasteiger partial charge in [-0.25, -0.2) is 13.8 Å². The second kappa shape index (κ2) is 7.25. The van der Waals surface area contributed by atoms with E-state index in [-0.39, 0.29) is 0 Å². The van der Waals surface area contributed by atoms with Crippen LogP contribution < -0.4 is 10.2 Å². The van der Waals surface area contributed by atoms with Crippen LogP contribution in [0.1, 0.15) is 12.6 Å². The van der Waals surface area contributed by atoms with Crippen molar-refractivity contribution in [2.75, 3.05) is 16.8 Å². The predicted octanol–water partition coefficient (Wildman–Crippen LogP) is 4.96. The topological polar surface area (TPSA) is 41.1 Å². The summed E-state index contributed by atoms with van der Waals surface area (Å²) in [5, 5.41) is 2.93. The van der Waals surface area contributed by atoms with E-state index in [2.05, 4.69) is 15.3 Å². The lowest BCUT2D eigenvalue weighted by molar-refractivity contribution is 0.509. The third kappa shape index (κ3) is 3.91. The highest BCUT2D eigenvalue weighted by atomic mass is 19.2. The third-order valence-electron chi connectivity index (χ3n) is 3.68. The molecule has 0 saturated heterocycles. The minimum absolute atomic E-state index is 0.329. The molecule has 3 rings (SSSR count). The molecule has 3 aromatic rings. The van der Waals surface area contributed by atoms with Gasteiger partial charge in [0.15, 0.2) is 11.6 Å². The summed E-state index contributed by atoms with van der Waals surface area (Å²) in [6.07, 6.45) is 0. The number of para-hydroxylation sites is 1. The van der Waals surface area contributed by atoms with Gasteiger partial charge < -0.3 is 10.2 Å². The molecule has 0 amide bonds. The zero-order chi connectivity index (χ0) is 17.8. The summed E-state index contributed by atoms with van der Waals surface area (Å²) in [4.78, 5) is 10.9. The molecule has 0 spiro atoms. The Labute approximate surface area is 145 Å². The maximum Gasteiger partial charge on any atom is 0.229 e. The van der Waals surface area contributed by atoms with Crippen molar-refractivity contribution in [2.24, 2.45) is 0 Å². The van der Waals surface area contributed by atoms with Gasteiger partial charge in [0.25, 0.3) is 0 Å². The van der Waals surface area contributed by atoms with Gasteiger partial charge >= 0.3 is 0 Å². The molecule has 0 aliphatic heterocycles. The lowest BCUT2D eigenvalue weighted by Crippen LogP contribution is -2.18. The monoisotopic (exact) mass is 340 g/mol. The van der Waals surface area contributed by atoms with E-state index in [1.54, 1.807) is 0 Å². The molecule has 0 radical (unpaired) electrons. The van der Waals surface area contributed by atoms with Gasteiger partial charge in [-0.2, -0.15) is 4.98 Å². The number of anilines is 4. The van der Waals surface area contributed by atoms with Crippen LogP contribution in [0.4, 0.5) is 31.9 Å². The maximum atomic E-state index is 13.4. The molecule has 0 fully saturated rings. The summed E-state index contributed by atoms with van der Waals surface area (Å²) in [6, 6.07) is 15.4. The number of nitrogens with one attached hydrogen (secondary N) is 1. The summed E-state index contributed by atoms with van der Waals surface area (Å²) in [5.74, 6) is -0.753. The van der Waals surface area contributed by atoms with E-state index < -0.39 is 11.6 Å². The van der Waals surface area contributed by atoms with Crippen LogP contribution in [0, 0.1) is 18.6 Å². The first-order valence-electron chi connectivity index (χ1n) is 7.97. The zero-order valence-electron chi connectivity index (χ0n) is 14.0. The van der Waals surface area contributed by atoms with Gasteiger partial charge in [0.1, 0.15) is 5.82 Å². The molecule has 0 bridgehead atoms. The lowest BCUT2D eigenvalue weighted by atomic mass is 10.2. The fourth-order valence-electron chi connectivity index (χ4n) is 2.53. The smallest absolute Gasteiger partial charge is 0.229 e. The molecule has 1 aromatic heterocycles. The second-order valence-corrected chi connectivity index (χ2v) is 5.52. The van der Waals surface area contributed by atoms with E-state index in [1.165, 1.54) is 6.07 Å². The van der Waals surface area contributed by atoms with Crippen LogP contribution in [0.3, 0.4) is 0 Å². The standard InChI is InChI=1S/C19H18F2N4/c1-3-25(15-7-5-4-6-8-15)18-11-13(2)22-19(24-18)23-14-9-10-16(20)17(21)12-14/h4-12H,3H2,1-2H3,(H,22,23,24). The van der Waals surface area contributed by atoms with Crippen molar-refractivity contribution in [3.8, 4) is 0 Å². The molecule has 0 unspecified atom stereocenters. The van der Waals surface area contributed by atoms with E-state index in [1.807, 2.05) is 55.1 Å². The van der Waals surface area contributed by atoms with E-state index in [9.17, 15) is 8.78 Å². The minimum atomic E-state index is -0.919. The molecule has 1 N–H and O–H groups in total. The summed E-state index contributed by atoms with van der Waals surface area (Å²) in [6.45, 7) is 4.62. The SMILES string of the molecule is CCN(c1ccccc1)c1cc(C)nc(Nc2ccc(F)c(F)c2)n1. The summed E-state index contributed by atoms with van der Waals surface area (Å²) < 4.78 is 26.4. The Morgan fingerprint density at radius 2 is 1.72 bits per heavy atom. The van der Waals surface area contributed by atoms with Crippen molar-refractivity contribution in [3.05, 3.63) is 71.9 Å². The van der Waals surface area contributed by atoms with Gasteiger partial charge in [-0.3, -0.25) is 0 Å².